The van der Waals surface area contributed by atoms with Crippen LogP contribution in [0.2, 0.25) is 0 Å². The molecular weight excluding hydrogens is 243 g/mol. The van der Waals surface area contributed by atoms with E-state index in [1.807, 2.05) is 0 Å². The van der Waals surface area contributed by atoms with Crippen molar-refractivity contribution >= 4 is 28.7 Å². The highest BCUT2D eigenvalue weighted by molar-refractivity contribution is 6.67. The summed E-state index contributed by atoms with van der Waals surface area (Å²) in [4.78, 5) is 14.2. The van der Waals surface area contributed by atoms with Gasteiger partial charge in [-0.25, -0.2) is 18.2 Å². The number of hydrogen-bond acceptors (Lipinski definition) is 2. The Labute approximate surface area is 93.7 Å². The van der Waals surface area contributed by atoms with Crippen molar-refractivity contribution in [3.05, 3.63) is 29.1 Å². The van der Waals surface area contributed by atoms with Crippen LogP contribution in [0.25, 0.3) is 0 Å². The first-order valence-electron chi connectivity index (χ1n) is 4.40. The molecule has 0 aromatic heterocycles. The van der Waals surface area contributed by atoms with Crippen molar-refractivity contribution in [2.45, 2.75) is 6.42 Å². The molecule has 0 bridgehead atoms. The number of benzene rings is 1. The van der Waals surface area contributed by atoms with Crippen molar-refractivity contribution in [1.82, 2.24) is 0 Å². The van der Waals surface area contributed by atoms with Gasteiger partial charge in [0.1, 0.15) is 17.1 Å². The van der Waals surface area contributed by atoms with E-state index >= 15 is 0 Å². The van der Waals surface area contributed by atoms with Crippen LogP contribution in [0.4, 0.5) is 18.9 Å². The van der Waals surface area contributed by atoms with Gasteiger partial charge in [0.2, 0.25) is 0 Å². The van der Waals surface area contributed by atoms with E-state index in [1.54, 1.807) is 0 Å². The van der Waals surface area contributed by atoms with Crippen molar-refractivity contribution < 1.29 is 18.0 Å². The fourth-order valence-corrected chi connectivity index (χ4v) is 1.74. The Morgan fingerprint density at radius 1 is 1.38 bits per heavy atom. The lowest BCUT2D eigenvalue weighted by molar-refractivity contribution is -0.109. The fraction of sp³-hybridized carbons (Fsp3) is 0.200. The molecule has 0 aliphatic carbocycles. The number of rotatable bonds is 1. The van der Waals surface area contributed by atoms with Crippen molar-refractivity contribution in [2.24, 2.45) is 10.9 Å². The van der Waals surface area contributed by atoms with Crippen molar-refractivity contribution in [3.63, 3.8) is 0 Å². The van der Waals surface area contributed by atoms with Crippen LogP contribution in [0.15, 0.2) is 11.1 Å². The number of nitrogens with zero attached hydrogens (tertiary/aromatic N) is 1. The molecule has 1 aliphatic heterocycles. The standard InChI is InChI=1S/C10H5ClF3NO/c11-10-5(3-16)1-4-2-6(12)7(13)8(14)9(4)15-10/h2-3,5H,1H2. The Bertz CT molecular complexity index is 501. The predicted molar refractivity (Wildman–Crippen MR) is 52.5 cm³/mol. The Kier molecular flexibility index (Phi) is 2.71. The maximum Gasteiger partial charge on any atom is 0.196 e. The van der Waals surface area contributed by atoms with Crippen LogP contribution >= 0.6 is 11.6 Å². The molecule has 0 saturated carbocycles. The Balaban J connectivity index is 2.63. The topological polar surface area (TPSA) is 29.4 Å². The van der Waals surface area contributed by atoms with Crippen LogP contribution in [0.1, 0.15) is 5.56 Å². The molecule has 0 N–H and O–H groups in total. The molecule has 1 aromatic rings. The second-order valence-electron chi connectivity index (χ2n) is 3.38. The van der Waals surface area contributed by atoms with E-state index in [2.05, 4.69) is 4.99 Å². The van der Waals surface area contributed by atoms with Crippen LogP contribution in [0.5, 0.6) is 0 Å². The van der Waals surface area contributed by atoms with Gasteiger partial charge < -0.3 is 4.79 Å². The van der Waals surface area contributed by atoms with Crippen molar-refractivity contribution in [3.8, 4) is 0 Å². The van der Waals surface area contributed by atoms with Crippen molar-refractivity contribution in [1.29, 1.82) is 0 Å². The van der Waals surface area contributed by atoms with E-state index in [-0.39, 0.29) is 22.8 Å². The molecule has 1 aromatic carbocycles. The fourth-order valence-electron chi connectivity index (χ4n) is 1.53. The van der Waals surface area contributed by atoms with E-state index in [4.69, 9.17) is 11.6 Å². The zero-order valence-corrected chi connectivity index (χ0v) is 8.56. The quantitative estimate of drug-likeness (QED) is 0.554. The minimum Gasteiger partial charge on any atom is -0.303 e. The first-order chi connectivity index (χ1) is 7.54. The zero-order chi connectivity index (χ0) is 11.9. The molecule has 0 amide bonds. The van der Waals surface area contributed by atoms with Gasteiger partial charge in [0.15, 0.2) is 17.5 Å². The lowest BCUT2D eigenvalue weighted by Crippen LogP contribution is -2.18. The average molecular weight is 248 g/mol. The highest BCUT2D eigenvalue weighted by Gasteiger charge is 2.27. The van der Waals surface area contributed by atoms with Gasteiger partial charge in [-0.1, -0.05) is 11.6 Å². The average Bonchev–Trinajstić information content (AvgIpc) is 2.27. The third kappa shape index (κ3) is 1.61. The third-order valence-corrected chi connectivity index (χ3v) is 2.71. The largest absolute Gasteiger partial charge is 0.303 e. The first-order valence-corrected chi connectivity index (χ1v) is 4.78. The first kappa shape index (κ1) is 11.1. The second kappa shape index (κ2) is 3.90. The summed E-state index contributed by atoms with van der Waals surface area (Å²) in [5, 5.41) is -0.118. The van der Waals surface area contributed by atoms with Crippen LogP contribution in [0, 0.1) is 23.4 Å². The van der Waals surface area contributed by atoms with E-state index in [9.17, 15) is 18.0 Å². The summed E-state index contributed by atoms with van der Waals surface area (Å²) in [6.45, 7) is 0. The van der Waals surface area contributed by atoms with Gasteiger partial charge in [-0.3, -0.25) is 0 Å². The van der Waals surface area contributed by atoms with E-state index < -0.39 is 23.4 Å². The molecule has 2 rings (SSSR count). The second-order valence-corrected chi connectivity index (χ2v) is 3.76. The lowest BCUT2D eigenvalue weighted by atomic mass is 9.96. The van der Waals surface area contributed by atoms with Gasteiger partial charge >= 0.3 is 0 Å². The van der Waals surface area contributed by atoms with Crippen LogP contribution in [-0.2, 0) is 11.2 Å². The number of hydrogen-bond donors (Lipinski definition) is 0. The van der Waals surface area contributed by atoms with Gasteiger partial charge in [0, 0.05) is 0 Å². The van der Waals surface area contributed by atoms with Crippen LogP contribution in [0.3, 0.4) is 0 Å². The Morgan fingerprint density at radius 2 is 2.06 bits per heavy atom. The van der Waals surface area contributed by atoms with Gasteiger partial charge in [0.05, 0.1) is 5.92 Å². The monoisotopic (exact) mass is 247 g/mol. The zero-order valence-electron chi connectivity index (χ0n) is 7.81. The molecule has 1 heterocycles. The number of aldehydes is 1. The smallest absolute Gasteiger partial charge is 0.196 e. The molecule has 84 valence electrons. The number of aliphatic imine (C=N–C) groups is 1. The SMILES string of the molecule is O=CC1Cc2cc(F)c(F)c(F)c2N=C1Cl. The molecule has 16 heavy (non-hydrogen) atoms. The molecule has 0 saturated heterocycles. The maximum atomic E-state index is 13.3. The van der Waals surface area contributed by atoms with E-state index in [1.165, 1.54) is 0 Å². The van der Waals surface area contributed by atoms with Crippen LogP contribution < -0.4 is 0 Å². The molecule has 0 fully saturated rings. The molecule has 1 unspecified atom stereocenters. The van der Waals surface area contributed by atoms with Crippen LogP contribution in [-0.4, -0.2) is 11.5 Å². The van der Waals surface area contributed by atoms with E-state index in [0.717, 1.165) is 6.07 Å². The summed E-state index contributed by atoms with van der Waals surface area (Å²) in [5.74, 6) is -4.98. The maximum absolute atomic E-state index is 13.3. The molecule has 1 atom stereocenters. The summed E-state index contributed by atoms with van der Waals surface area (Å²) < 4.78 is 39.1. The molecule has 0 radical (unpaired) electrons. The lowest BCUT2D eigenvalue weighted by Gasteiger charge is -2.17. The highest BCUT2D eigenvalue weighted by Crippen LogP contribution is 2.34. The molecular formula is C10H5ClF3NO. The summed E-state index contributed by atoms with van der Waals surface area (Å²) in [5.41, 5.74) is -0.195. The number of halogens is 4. The van der Waals surface area contributed by atoms with Crippen molar-refractivity contribution in [2.75, 3.05) is 0 Å². The van der Waals surface area contributed by atoms with Gasteiger partial charge in [-0.15, -0.1) is 0 Å². The minimum absolute atomic E-state index is 0.0231. The summed E-state index contributed by atoms with van der Waals surface area (Å²) in [6, 6.07) is 0.830. The molecule has 1 aliphatic rings. The molecule has 0 spiro atoms. The minimum atomic E-state index is -1.59. The number of fused-ring (bicyclic) bond motifs is 1. The van der Waals surface area contributed by atoms with E-state index in [0.29, 0.717) is 6.29 Å². The highest BCUT2D eigenvalue weighted by atomic mass is 35.5. The normalized spacial score (nSPS) is 19.0. The third-order valence-electron chi connectivity index (χ3n) is 2.34. The number of carbonyl (C=O) groups is 1. The summed E-state index contributed by atoms with van der Waals surface area (Å²) >= 11 is 5.61. The van der Waals surface area contributed by atoms with Gasteiger partial charge in [-0.2, -0.15) is 0 Å². The predicted octanol–water partition coefficient (Wildman–Crippen LogP) is 2.74. The van der Waals surface area contributed by atoms with Gasteiger partial charge in [0.25, 0.3) is 0 Å². The van der Waals surface area contributed by atoms with Gasteiger partial charge in [-0.05, 0) is 18.1 Å². The molecule has 2 nitrogen and oxygen atoms in total. The number of carbonyl (C=O) groups excluding carboxylic acids is 1. The summed E-state index contributed by atoms with van der Waals surface area (Å²) in [6.07, 6.45) is 0.559. The Hall–Kier alpha value is -1.36. The summed E-state index contributed by atoms with van der Waals surface area (Å²) in [7, 11) is 0. The Morgan fingerprint density at radius 3 is 2.69 bits per heavy atom. The molecule has 6 heteroatoms.